The van der Waals surface area contributed by atoms with Gasteiger partial charge in [-0.05, 0) is 25.3 Å². The van der Waals surface area contributed by atoms with Crippen LogP contribution in [0.15, 0.2) is 29.3 Å². The number of nitro groups is 2. The van der Waals surface area contributed by atoms with Crippen molar-refractivity contribution in [2.24, 2.45) is 5.92 Å². The summed E-state index contributed by atoms with van der Waals surface area (Å²) >= 11 is 0. The van der Waals surface area contributed by atoms with Gasteiger partial charge in [0, 0.05) is 23.6 Å². The van der Waals surface area contributed by atoms with Crippen molar-refractivity contribution < 1.29 is 19.7 Å². The second-order valence-electron chi connectivity index (χ2n) is 5.31. The summed E-state index contributed by atoms with van der Waals surface area (Å²) in [4.78, 5) is 31.9. The Hall–Kier alpha value is -2.77. The van der Waals surface area contributed by atoms with Crippen LogP contribution in [0.1, 0.15) is 32.8 Å². The molecule has 1 aromatic carbocycles. The van der Waals surface area contributed by atoms with Crippen molar-refractivity contribution in [1.82, 2.24) is 0 Å². The van der Waals surface area contributed by atoms with Crippen LogP contribution in [0.5, 0.6) is 0 Å². The number of aliphatic carboxylic acids is 1. The summed E-state index contributed by atoms with van der Waals surface area (Å²) in [5, 5.41) is 31.2. The van der Waals surface area contributed by atoms with E-state index in [1.165, 1.54) is 12.1 Å². The summed E-state index contributed by atoms with van der Waals surface area (Å²) in [7, 11) is 0. The fraction of sp³-hybridized carbons (Fsp3) is 0.400. The number of non-ortho nitro benzene ring substituents is 1. The molecule has 0 aliphatic rings. The predicted molar refractivity (Wildman–Crippen MR) is 83.2 cm³/mol. The topological polar surface area (TPSA) is 124 Å². The molecule has 0 amide bonds. The second-order valence-corrected chi connectivity index (χ2v) is 5.31. The first-order valence-corrected chi connectivity index (χ1v) is 7.03. The number of nitrogens with zero attached hydrogens (tertiary/aromatic N) is 2. The van der Waals surface area contributed by atoms with E-state index in [0.717, 1.165) is 6.07 Å². The highest BCUT2D eigenvalue weighted by Gasteiger charge is 2.22. The lowest BCUT2D eigenvalue weighted by Crippen LogP contribution is -2.13. The summed E-state index contributed by atoms with van der Waals surface area (Å²) in [5.41, 5.74) is 0.221. The Kier molecular flexibility index (Phi) is 5.94. The van der Waals surface area contributed by atoms with Gasteiger partial charge in [0.2, 0.25) is 0 Å². The number of allylic oxidation sites excluding steroid dienone is 1. The van der Waals surface area contributed by atoms with E-state index in [0.29, 0.717) is 12.0 Å². The van der Waals surface area contributed by atoms with Crippen LogP contribution in [0, 0.1) is 26.1 Å². The van der Waals surface area contributed by atoms with Crippen LogP contribution in [0.4, 0.5) is 11.4 Å². The fourth-order valence-electron chi connectivity index (χ4n) is 2.38. The molecule has 0 bridgehead atoms. The summed E-state index contributed by atoms with van der Waals surface area (Å²) in [6, 6.07) is 3.38. The molecule has 0 aliphatic heterocycles. The molecular weight excluding hydrogens is 304 g/mol. The number of hydrogen-bond donors (Lipinski definition) is 1. The standard InChI is InChI=1S/C15H18N2O6/c1-4-9(2)14(15(18)19)10(3)7-11-5-6-12(16(20)21)8-13(11)17(22)23/h5-6,8-9H,4,7H2,1-3H3,(H,18,19). The van der Waals surface area contributed by atoms with Crippen LogP contribution in [0.2, 0.25) is 0 Å². The average Bonchev–Trinajstić information content (AvgIpc) is 2.46. The zero-order valence-corrected chi connectivity index (χ0v) is 13.1. The van der Waals surface area contributed by atoms with E-state index >= 15 is 0 Å². The summed E-state index contributed by atoms with van der Waals surface area (Å²) in [6.07, 6.45) is 0.682. The Morgan fingerprint density at radius 1 is 1.26 bits per heavy atom. The molecule has 1 aromatic rings. The molecule has 124 valence electrons. The first kappa shape index (κ1) is 18.3. The van der Waals surface area contributed by atoms with Crippen LogP contribution in [-0.4, -0.2) is 20.9 Å². The molecule has 0 spiro atoms. The molecule has 8 heteroatoms. The van der Waals surface area contributed by atoms with E-state index < -0.39 is 15.8 Å². The summed E-state index contributed by atoms with van der Waals surface area (Å²) in [5.74, 6) is -1.24. The lowest BCUT2D eigenvalue weighted by Gasteiger charge is -2.14. The lowest BCUT2D eigenvalue weighted by molar-refractivity contribution is -0.394. The van der Waals surface area contributed by atoms with Crippen LogP contribution >= 0.6 is 0 Å². The molecule has 0 aliphatic carbocycles. The van der Waals surface area contributed by atoms with E-state index in [-0.39, 0.29) is 34.9 Å². The van der Waals surface area contributed by atoms with Crippen LogP contribution in [-0.2, 0) is 11.2 Å². The maximum atomic E-state index is 11.4. The monoisotopic (exact) mass is 322 g/mol. The zero-order chi connectivity index (χ0) is 17.7. The van der Waals surface area contributed by atoms with Gasteiger partial charge in [0.15, 0.2) is 0 Å². The number of nitro benzene ring substituents is 2. The van der Waals surface area contributed by atoms with Crippen molar-refractivity contribution in [3.8, 4) is 0 Å². The molecule has 23 heavy (non-hydrogen) atoms. The molecule has 1 atom stereocenters. The van der Waals surface area contributed by atoms with Gasteiger partial charge >= 0.3 is 5.97 Å². The molecule has 8 nitrogen and oxygen atoms in total. The second kappa shape index (κ2) is 7.48. The van der Waals surface area contributed by atoms with Crippen LogP contribution in [0.3, 0.4) is 0 Å². The normalized spacial score (nSPS) is 13.2. The van der Waals surface area contributed by atoms with Gasteiger partial charge in [0.25, 0.3) is 11.4 Å². The number of carboxylic acid groups (broad SMARTS) is 1. The van der Waals surface area contributed by atoms with E-state index in [2.05, 4.69) is 0 Å². The van der Waals surface area contributed by atoms with Crippen molar-refractivity contribution >= 4 is 17.3 Å². The number of hydrogen-bond acceptors (Lipinski definition) is 5. The number of benzene rings is 1. The Labute approximate surface area is 132 Å². The van der Waals surface area contributed by atoms with Gasteiger partial charge in [-0.1, -0.05) is 19.4 Å². The van der Waals surface area contributed by atoms with Crippen molar-refractivity contribution in [3.63, 3.8) is 0 Å². The first-order chi connectivity index (χ1) is 10.7. The van der Waals surface area contributed by atoms with E-state index in [9.17, 15) is 30.1 Å². The first-order valence-electron chi connectivity index (χ1n) is 7.03. The van der Waals surface area contributed by atoms with E-state index in [1.54, 1.807) is 13.8 Å². The fourth-order valence-corrected chi connectivity index (χ4v) is 2.38. The lowest BCUT2D eigenvalue weighted by atomic mass is 9.91. The maximum absolute atomic E-state index is 11.4. The highest BCUT2D eigenvalue weighted by Crippen LogP contribution is 2.29. The van der Waals surface area contributed by atoms with Crippen LogP contribution in [0.25, 0.3) is 0 Å². The van der Waals surface area contributed by atoms with Crippen molar-refractivity contribution in [2.75, 3.05) is 0 Å². The smallest absolute Gasteiger partial charge is 0.331 e. The third-order valence-electron chi connectivity index (χ3n) is 3.73. The molecule has 0 saturated carbocycles. The minimum atomic E-state index is -1.05. The third kappa shape index (κ3) is 4.35. The number of carboxylic acids is 1. The predicted octanol–water partition coefficient (Wildman–Crippen LogP) is 3.49. The highest BCUT2D eigenvalue weighted by atomic mass is 16.6. The minimum absolute atomic E-state index is 0.0558. The van der Waals surface area contributed by atoms with Gasteiger partial charge in [0.05, 0.1) is 15.9 Å². The molecule has 0 saturated heterocycles. The SMILES string of the molecule is CCC(C)C(C(=O)O)=C(C)Cc1ccc([N+](=O)[O-])cc1[N+](=O)[O-]. The number of carbonyl (C=O) groups is 1. The summed E-state index contributed by atoms with van der Waals surface area (Å²) < 4.78 is 0. The number of rotatable bonds is 7. The Morgan fingerprint density at radius 2 is 1.87 bits per heavy atom. The average molecular weight is 322 g/mol. The molecule has 0 aromatic heterocycles. The van der Waals surface area contributed by atoms with Gasteiger partial charge in [-0.3, -0.25) is 20.2 Å². The highest BCUT2D eigenvalue weighted by molar-refractivity contribution is 5.88. The zero-order valence-electron chi connectivity index (χ0n) is 13.1. The van der Waals surface area contributed by atoms with Gasteiger partial charge in [-0.25, -0.2) is 4.79 Å². The Bertz CT molecular complexity index is 681. The van der Waals surface area contributed by atoms with Crippen LogP contribution < -0.4 is 0 Å². The van der Waals surface area contributed by atoms with Gasteiger partial charge < -0.3 is 5.11 Å². The molecule has 1 N–H and O–H groups in total. The van der Waals surface area contributed by atoms with Gasteiger partial charge in [0.1, 0.15) is 0 Å². The largest absolute Gasteiger partial charge is 0.478 e. The molecule has 1 rings (SSSR count). The van der Waals surface area contributed by atoms with Crippen molar-refractivity contribution in [3.05, 3.63) is 55.1 Å². The van der Waals surface area contributed by atoms with Gasteiger partial charge in [-0.15, -0.1) is 0 Å². The third-order valence-corrected chi connectivity index (χ3v) is 3.73. The van der Waals surface area contributed by atoms with Gasteiger partial charge in [-0.2, -0.15) is 0 Å². The quantitative estimate of drug-likeness (QED) is 0.465. The van der Waals surface area contributed by atoms with E-state index in [4.69, 9.17) is 0 Å². The summed E-state index contributed by atoms with van der Waals surface area (Å²) in [6.45, 7) is 5.24. The molecular formula is C15H18N2O6. The molecule has 0 radical (unpaired) electrons. The maximum Gasteiger partial charge on any atom is 0.331 e. The molecule has 1 unspecified atom stereocenters. The Balaban J connectivity index is 3.34. The van der Waals surface area contributed by atoms with Crippen molar-refractivity contribution in [2.45, 2.75) is 33.6 Å². The minimum Gasteiger partial charge on any atom is -0.478 e. The van der Waals surface area contributed by atoms with E-state index in [1.807, 2.05) is 6.92 Å². The molecule has 0 fully saturated rings. The Morgan fingerprint density at radius 3 is 2.30 bits per heavy atom. The van der Waals surface area contributed by atoms with Crippen molar-refractivity contribution in [1.29, 1.82) is 0 Å². The molecule has 0 heterocycles.